The van der Waals surface area contributed by atoms with Crippen LogP contribution in [0.1, 0.15) is 271 Å². The summed E-state index contributed by atoms with van der Waals surface area (Å²) in [6.07, 6.45) is 55.4. The quantitative estimate of drug-likeness (QED) is 0.0211. The van der Waals surface area contributed by atoms with E-state index in [9.17, 15) is 19.5 Å². The van der Waals surface area contributed by atoms with Crippen molar-refractivity contribution in [3.05, 3.63) is 24.3 Å². The molecule has 67 heavy (non-hydrogen) atoms. The van der Waals surface area contributed by atoms with Gasteiger partial charge in [-0.25, -0.2) is 4.79 Å². The van der Waals surface area contributed by atoms with Gasteiger partial charge in [0.1, 0.15) is 13.2 Å². The lowest BCUT2D eigenvalue weighted by Gasteiger charge is -2.25. The van der Waals surface area contributed by atoms with Crippen LogP contribution in [0.3, 0.4) is 0 Å². The number of carbonyl (C=O) groups is 3. The maximum atomic E-state index is 12.8. The molecule has 0 heterocycles. The van der Waals surface area contributed by atoms with Gasteiger partial charge in [0.05, 0.1) is 34.4 Å². The topological polar surface area (TPSA) is 108 Å². The average molecular weight is 950 g/mol. The van der Waals surface area contributed by atoms with Gasteiger partial charge in [-0.1, -0.05) is 237 Å². The number of aliphatic carboxylic acids is 1. The van der Waals surface area contributed by atoms with Crippen LogP contribution in [0.15, 0.2) is 24.3 Å². The number of carbonyl (C=O) groups excluding carboxylic acids is 2. The molecule has 0 saturated heterocycles. The SMILES string of the molecule is CCCCCC/C=C\C/C=C\CCCCCCCCCC(=O)OC(COC(=O)CCCCCCCCCCCCCCCCCCCCCCCCCC)COC(OCC[N+](C)(C)C)C(=O)O. The van der Waals surface area contributed by atoms with Gasteiger partial charge < -0.3 is 28.5 Å². The Hall–Kier alpha value is -2.23. The highest BCUT2D eigenvalue weighted by molar-refractivity contribution is 5.71. The molecule has 0 aromatic carbocycles. The van der Waals surface area contributed by atoms with Gasteiger partial charge in [0.2, 0.25) is 0 Å². The summed E-state index contributed by atoms with van der Waals surface area (Å²) in [5.41, 5.74) is 0. The Labute approximate surface area is 414 Å². The van der Waals surface area contributed by atoms with Crippen molar-refractivity contribution >= 4 is 17.9 Å². The van der Waals surface area contributed by atoms with Gasteiger partial charge in [0, 0.05) is 12.8 Å². The summed E-state index contributed by atoms with van der Waals surface area (Å²) in [5, 5.41) is 9.69. The van der Waals surface area contributed by atoms with Crippen LogP contribution in [0.4, 0.5) is 0 Å². The molecule has 0 saturated carbocycles. The van der Waals surface area contributed by atoms with Crippen LogP contribution in [-0.4, -0.2) is 87.4 Å². The van der Waals surface area contributed by atoms with Crippen LogP contribution in [-0.2, 0) is 33.3 Å². The van der Waals surface area contributed by atoms with E-state index in [1.807, 2.05) is 21.1 Å². The Balaban J connectivity index is 4.21. The van der Waals surface area contributed by atoms with Crippen molar-refractivity contribution in [3.8, 4) is 0 Å². The molecule has 0 aliphatic heterocycles. The molecule has 9 nitrogen and oxygen atoms in total. The van der Waals surface area contributed by atoms with Crippen LogP contribution in [0.25, 0.3) is 0 Å². The van der Waals surface area contributed by atoms with Crippen LogP contribution < -0.4 is 0 Å². The second-order valence-electron chi connectivity index (χ2n) is 20.6. The number of carboxylic acids is 1. The molecule has 0 spiro atoms. The molecule has 0 radical (unpaired) electrons. The Morgan fingerprint density at radius 3 is 1.19 bits per heavy atom. The van der Waals surface area contributed by atoms with Crippen LogP contribution in [0, 0.1) is 0 Å². The minimum Gasteiger partial charge on any atom is -0.477 e. The first-order chi connectivity index (χ1) is 32.6. The highest BCUT2D eigenvalue weighted by atomic mass is 16.7. The Kier molecular flexibility index (Phi) is 48.5. The van der Waals surface area contributed by atoms with Crippen molar-refractivity contribution in [3.63, 3.8) is 0 Å². The molecule has 0 aromatic rings. The van der Waals surface area contributed by atoms with E-state index in [0.717, 1.165) is 51.4 Å². The predicted octanol–water partition coefficient (Wildman–Crippen LogP) is 16.3. The smallest absolute Gasteiger partial charge is 0.361 e. The van der Waals surface area contributed by atoms with E-state index in [0.29, 0.717) is 23.9 Å². The van der Waals surface area contributed by atoms with Gasteiger partial charge in [-0.3, -0.25) is 9.59 Å². The highest BCUT2D eigenvalue weighted by Gasteiger charge is 2.25. The summed E-state index contributed by atoms with van der Waals surface area (Å²) in [7, 11) is 5.97. The molecule has 0 fully saturated rings. The third-order valence-electron chi connectivity index (χ3n) is 12.7. The molecule has 0 aliphatic carbocycles. The molecule has 0 amide bonds. The average Bonchev–Trinajstić information content (AvgIpc) is 3.29. The number of allylic oxidation sites excluding steroid dienone is 4. The van der Waals surface area contributed by atoms with Gasteiger partial charge >= 0.3 is 17.9 Å². The Morgan fingerprint density at radius 2 is 0.806 bits per heavy atom. The normalized spacial score (nSPS) is 12.9. The molecule has 1 N–H and O–H groups in total. The summed E-state index contributed by atoms with van der Waals surface area (Å²) in [4.78, 5) is 37.4. The zero-order valence-corrected chi connectivity index (χ0v) is 44.8. The van der Waals surface area contributed by atoms with Crippen molar-refractivity contribution in [1.29, 1.82) is 0 Å². The third kappa shape index (κ3) is 51.4. The molecular weight excluding hydrogens is 839 g/mol. The van der Waals surface area contributed by atoms with Gasteiger partial charge in [-0.2, -0.15) is 0 Å². The van der Waals surface area contributed by atoms with Crippen LogP contribution >= 0.6 is 0 Å². The second kappa shape index (κ2) is 50.2. The lowest BCUT2D eigenvalue weighted by molar-refractivity contribution is -0.870. The number of quaternary nitrogens is 1. The van der Waals surface area contributed by atoms with Crippen molar-refractivity contribution in [1.82, 2.24) is 0 Å². The van der Waals surface area contributed by atoms with Crippen molar-refractivity contribution < 1.29 is 42.9 Å². The molecule has 0 aliphatic rings. The van der Waals surface area contributed by atoms with E-state index < -0.39 is 24.3 Å². The third-order valence-corrected chi connectivity index (χ3v) is 12.7. The number of hydrogen-bond acceptors (Lipinski definition) is 7. The monoisotopic (exact) mass is 949 g/mol. The summed E-state index contributed by atoms with van der Waals surface area (Å²) in [6.45, 7) is 4.89. The van der Waals surface area contributed by atoms with E-state index >= 15 is 0 Å². The van der Waals surface area contributed by atoms with Gasteiger partial charge in [0.15, 0.2) is 6.10 Å². The number of unbranched alkanes of at least 4 members (excludes halogenated alkanes) is 34. The fraction of sp³-hybridized carbons (Fsp3) is 0.879. The molecule has 0 bridgehead atoms. The van der Waals surface area contributed by atoms with Crippen molar-refractivity contribution in [2.75, 3.05) is 47.5 Å². The minimum absolute atomic E-state index is 0.180. The number of likely N-dealkylation sites (N-methyl/N-ethyl adjacent to an activating group) is 1. The zero-order chi connectivity index (χ0) is 49.2. The lowest BCUT2D eigenvalue weighted by atomic mass is 10.0. The van der Waals surface area contributed by atoms with E-state index in [4.69, 9.17) is 18.9 Å². The first-order valence-corrected chi connectivity index (χ1v) is 28.5. The lowest BCUT2D eigenvalue weighted by Crippen LogP contribution is -2.40. The summed E-state index contributed by atoms with van der Waals surface area (Å²) in [5.74, 6) is -2.00. The van der Waals surface area contributed by atoms with E-state index in [-0.39, 0.29) is 32.2 Å². The van der Waals surface area contributed by atoms with Crippen molar-refractivity contribution in [2.24, 2.45) is 0 Å². The number of esters is 2. The molecule has 2 atom stereocenters. The summed E-state index contributed by atoms with van der Waals surface area (Å²) < 4.78 is 22.9. The van der Waals surface area contributed by atoms with E-state index in [2.05, 4.69) is 38.2 Å². The van der Waals surface area contributed by atoms with Crippen LogP contribution in [0.2, 0.25) is 0 Å². The minimum atomic E-state index is -1.51. The number of hydrogen-bond donors (Lipinski definition) is 1. The zero-order valence-electron chi connectivity index (χ0n) is 44.8. The van der Waals surface area contributed by atoms with Gasteiger partial charge in [-0.15, -0.1) is 0 Å². The first-order valence-electron chi connectivity index (χ1n) is 28.5. The fourth-order valence-electron chi connectivity index (χ4n) is 8.28. The number of rotatable bonds is 53. The molecular formula is C58H110NO8+. The van der Waals surface area contributed by atoms with E-state index in [1.54, 1.807) is 0 Å². The summed E-state index contributed by atoms with van der Waals surface area (Å²) >= 11 is 0. The van der Waals surface area contributed by atoms with Gasteiger partial charge in [0.25, 0.3) is 6.29 Å². The highest BCUT2D eigenvalue weighted by Crippen LogP contribution is 2.17. The molecule has 0 rings (SSSR count). The second-order valence-corrected chi connectivity index (χ2v) is 20.6. The molecule has 9 heteroatoms. The number of ether oxygens (including phenoxy) is 4. The van der Waals surface area contributed by atoms with E-state index in [1.165, 1.54) is 186 Å². The van der Waals surface area contributed by atoms with Crippen molar-refractivity contribution in [2.45, 2.75) is 283 Å². The van der Waals surface area contributed by atoms with Crippen LogP contribution in [0.5, 0.6) is 0 Å². The standard InChI is InChI=1S/C58H109NO8/c1-6-8-10-12-14-16-18-20-22-24-26-27-28-29-30-31-33-34-36-38-40-42-44-46-48-55(60)65-52-54(53-66-58(57(62)63)64-51-50-59(3,4)5)67-56(61)49-47-45-43-41-39-37-35-32-25-23-21-19-17-15-13-11-9-7-2/h17,19,23,25,54,58H,6-16,18,20-22,24,26-53H2,1-5H3/p+1/b19-17-,25-23-. The first kappa shape index (κ1) is 64.8. The maximum absolute atomic E-state index is 12.8. The maximum Gasteiger partial charge on any atom is 0.361 e. The number of nitrogens with zero attached hydrogens (tertiary/aromatic N) is 1. The molecule has 394 valence electrons. The molecule has 0 aromatic heterocycles. The number of carboxylic acid groups (broad SMARTS) is 1. The Morgan fingerprint density at radius 1 is 0.448 bits per heavy atom. The Bertz CT molecular complexity index is 1150. The largest absolute Gasteiger partial charge is 0.477 e. The predicted molar refractivity (Wildman–Crippen MR) is 281 cm³/mol. The van der Waals surface area contributed by atoms with Gasteiger partial charge in [-0.05, 0) is 44.9 Å². The fourth-order valence-corrected chi connectivity index (χ4v) is 8.28. The molecule has 2 unspecified atom stereocenters. The summed E-state index contributed by atoms with van der Waals surface area (Å²) in [6, 6.07) is 0.